The molecule has 0 aliphatic rings. The van der Waals surface area contributed by atoms with E-state index in [2.05, 4.69) is 48.1 Å². The van der Waals surface area contributed by atoms with E-state index in [1.165, 1.54) is 5.56 Å². The highest BCUT2D eigenvalue weighted by Crippen LogP contribution is 2.36. The quantitative estimate of drug-likeness (QED) is 0.815. The fourth-order valence-electron chi connectivity index (χ4n) is 1.63. The summed E-state index contributed by atoms with van der Waals surface area (Å²) in [6, 6.07) is 4.10. The third-order valence-corrected chi connectivity index (χ3v) is 3.82. The van der Waals surface area contributed by atoms with Crippen LogP contribution in [0.1, 0.15) is 39.7 Å². The lowest BCUT2D eigenvalue weighted by Crippen LogP contribution is -2.37. The molecule has 1 rings (SSSR count). The summed E-state index contributed by atoms with van der Waals surface area (Å²) in [6.07, 6.45) is 1.09. The number of halogens is 1. The maximum absolute atomic E-state index is 5.59. The summed E-state index contributed by atoms with van der Waals surface area (Å²) in [5.41, 5.74) is 1.31. The molecule has 1 aromatic rings. The molecule has 4 heteroatoms. The van der Waals surface area contributed by atoms with Crippen LogP contribution in [0.25, 0.3) is 0 Å². The zero-order valence-corrected chi connectivity index (χ0v) is 14.1. The van der Waals surface area contributed by atoms with Crippen molar-refractivity contribution in [2.24, 2.45) is 0 Å². The number of ether oxygens (including phenoxy) is 2. The van der Waals surface area contributed by atoms with Crippen molar-refractivity contribution in [3.05, 3.63) is 22.2 Å². The van der Waals surface area contributed by atoms with E-state index in [9.17, 15) is 0 Å². The van der Waals surface area contributed by atoms with Gasteiger partial charge in [-0.25, -0.2) is 0 Å². The molecule has 0 aliphatic carbocycles. The van der Waals surface area contributed by atoms with Gasteiger partial charge in [-0.15, -0.1) is 0 Å². The van der Waals surface area contributed by atoms with Crippen molar-refractivity contribution in [1.82, 2.24) is 5.32 Å². The van der Waals surface area contributed by atoms with Crippen LogP contribution in [-0.2, 0) is 6.54 Å². The molecule has 0 saturated heterocycles. The van der Waals surface area contributed by atoms with Crippen LogP contribution in [0.2, 0.25) is 0 Å². The zero-order chi connectivity index (χ0) is 14.5. The standard InChI is InChI=1S/C15H24BrNO2/c1-6-15(3,4)17-10-11-8-12(16)14(19-7-2)13(9-11)18-5/h8-9,17H,6-7,10H2,1-5H3. The number of hydrogen-bond donors (Lipinski definition) is 1. The second-order valence-electron chi connectivity index (χ2n) is 5.13. The van der Waals surface area contributed by atoms with Gasteiger partial charge in [0.2, 0.25) is 0 Å². The molecule has 0 saturated carbocycles. The summed E-state index contributed by atoms with van der Waals surface area (Å²) in [6.45, 7) is 9.98. The van der Waals surface area contributed by atoms with Crippen LogP contribution in [0.5, 0.6) is 11.5 Å². The summed E-state index contributed by atoms with van der Waals surface area (Å²) in [5, 5.41) is 3.54. The van der Waals surface area contributed by atoms with Gasteiger partial charge in [0, 0.05) is 12.1 Å². The Morgan fingerprint density at radius 2 is 1.95 bits per heavy atom. The first kappa shape index (κ1) is 16.3. The van der Waals surface area contributed by atoms with E-state index < -0.39 is 0 Å². The number of nitrogens with one attached hydrogen (secondary N) is 1. The second kappa shape index (κ2) is 7.15. The Morgan fingerprint density at radius 1 is 1.26 bits per heavy atom. The predicted molar refractivity (Wildman–Crippen MR) is 83.1 cm³/mol. The molecule has 1 aromatic carbocycles. The number of benzene rings is 1. The summed E-state index contributed by atoms with van der Waals surface area (Å²) in [7, 11) is 1.66. The van der Waals surface area contributed by atoms with Crippen molar-refractivity contribution in [3.63, 3.8) is 0 Å². The monoisotopic (exact) mass is 329 g/mol. The molecule has 19 heavy (non-hydrogen) atoms. The molecular formula is C15H24BrNO2. The fourth-order valence-corrected chi connectivity index (χ4v) is 2.23. The molecule has 0 atom stereocenters. The Balaban J connectivity index is 2.89. The summed E-state index contributed by atoms with van der Waals surface area (Å²) >= 11 is 3.54. The van der Waals surface area contributed by atoms with Crippen LogP contribution in [0.4, 0.5) is 0 Å². The molecule has 0 aromatic heterocycles. The average molecular weight is 330 g/mol. The molecule has 0 spiro atoms. The molecule has 1 N–H and O–H groups in total. The van der Waals surface area contributed by atoms with Gasteiger partial charge in [0.15, 0.2) is 11.5 Å². The van der Waals surface area contributed by atoms with Gasteiger partial charge >= 0.3 is 0 Å². The molecule has 0 fully saturated rings. The molecule has 0 heterocycles. The van der Waals surface area contributed by atoms with E-state index in [0.29, 0.717) is 6.61 Å². The molecule has 0 amide bonds. The Labute approximate surface area is 124 Å². The third-order valence-electron chi connectivity index (χ3n) is 3.23. The highest BCUT2D eigenvalue weighted by atomic mass is 79.9. The predicted octanol–water partition coefficient (Wildman–Crippen LogP) is 4.13. The van der Waals surface area contributed by atoms with Crippen LogP contribution in [0.15, 0.2) is 16.6 Å². The molecule has 108 valence electrons. The molecule has 0 radical (unpaired) electrons. The Hall–Kier alpha value is -0.740. The van der Waals surface area contributed by atoms with Crippen molar-refractivity contribution >= 4 is 15.9 Å². The lowest BCUT2D eigenvalue weighted by atomic mass is 10.0. The van der Waals surface area contributed by atoms with Gasteiger partial charge in [0.1, 0.15) is 0 Å². The van der Waals surface area contributed by atoms with Crippen LogP contribution < -0.4 is 14.8 Å². The maximum atomic E-state index is 5.59. The summed E-state index contributed by atoms with van der Waals surface area (Å²) < 4.78 is 11.9. The minimum atomic E-state index is 0.137. The topological polar surface area (TPSA) is 30.5 Å². The van der Waals surface area contributed by atoms with Gasteiger partial charge in [-0.1, -0.05) is 6.92 Å². The minimum Gasteiger partial charge on any atom is -0.493 e. The number of hydrogen-bond acceptors (Lipinski definition) is 3. The van der Waals surface area contributed by atoms with Crippen molar-refractivity contribution in [1.29, 1.82) is 0 Å². The third kappa shape index (κ3) is 4.69. The summed E-state index contributed by atoms with van der Waals surface area (Å²) in [5.74, 6) is 1.53. The summed E-state index contributed by atoms with van der Waals surface area (Å²) in [4.78, 5) is 0. The first-order chi connectivity index (χ1) is 8.93. The number of rotatable bonds is 7. The van der Waals surface area contributed by atoms with E-state index in [4.69, 9.17) is 9.47 Å². The van der Waals surface area contributed by atoms with Gasteiger partial charge in [0.25, 0.3) is 0 Å². The van der Waals surface area contributed by atoms with Crippen LogP contribution in [0.3, 0.4) is 0 Å². The highest BCUT2D eigenvalue weighted by Gasteiger charge is 2.15. The van der Waals surface area contributed by atoms with Crippen molar-refractivity contribution < 1.29 is 9.47 Å². The Kier molecular flexibility index (Phi) is 6.14. The van der Waals surface area contributed by atoms with Crippen LogP contribution >= 0.6 is 15.9 Å². The van der Waals surface area contributed by atoms with Gasteiger partial charge in [0.05, 0.1) is 18.2 Å². The molecule has 0 bridgehead atoms. The lowest BCUT2D eigenvalue weighted by Gasteiger charge is -2.25. The lowest BCUT2D eigenvalue weighted by molar-refractivity contribution is 0.308. The smallest absolute Gasteiger partial charge is 0.175 e. The van der Waals surface area contributed by atoms with E-state index in [1.807, 2.05) is 13.0 Å². The van der Waals surface area contributed by atoms with Crippen LogP contribution in [0, 0.1) is 0 Å². The average Bonchev–Trinajstić information content (AvgIpc) is 2.39. The molecule has 3 nitrogen and oxygen atoms in total. The second-order valence-corrected chi connectivity index (χ2v) is 5.99. The van der Waals surface area contributed by atoms with Gasteiger partial charge in [-0.05, 0) is 60.8 Å². The molecule has 0 unspecified atom stereocenters. The largest absolute Gasteiger partial charge is 0.493 e. The fraction of sp³-hybridized carbons (Fsp3) is 0.600. The van der Waals surface area contributed by atoms with Crippen LogP contribution in [-0.4, -0.2) is 19.3 Å². The van der Waals surface area contributed by atoms with Gasteiger partial charge in [-0.2, -0.15) is 0 Å². The van der Waals surface area contributed by atoms with Crippen molar-refractivity contribution in [2.75, 3.05) is 13.7 Å². The number of methoxy groups -OCH3 is 1. The Bertz CT molecular complexity index is 419. The van der Waals surface area contributed by atoms with Crippen molar-refractivity contribution in [3.8, 4) is 11.5 Å². The first-order valence-electron chi connectivity index (χ1n) is 6.67. The van der Waals surface area contributed by atoms with E-state index in [1.54, 1.807) is 7.11 Å². The first-order valence-corrected chi connectivity index (χ1v) is 7.47. The van der Waals surface area contributed by atoms with Gasteiger partial charge in [-0.3, -0.25) is 0 Å². The maximum Gasteiger partial charge on any atom is 0.175 e. The molecule has 0 aliphatic heterocycles. The zero-order valence-electron chi connectivity index (χ0n) is 12.5. The van der Waals surface area contributed by atoms with Crippen molar-refractivity contribution in [2.45, 2.75) is 46.2 Å². The normalized spacial score (nSPS) is 11.5. The SMILES string of the molecule is CCOc1c(Br)cc(CNC(C)(C)CC)cc1OC. The highest BCUT2D eigenvalue weighted by molar-refractivity contribution is 9.10. The minimum absolute atomic E-state index is 0.137. The van der Waals surface area contributed by atoms with E-state index >= 15 is 0 Å². The Morgan fingerprint density at radius 3 is 2.47 bits per heavy atom. The van der Waals surface area contributed by atoms with E-state index in [0.717, 1.165) is 28.9 Å². The van der Waals surface area contributed by atoms with E-state index in [-0.39, 0.29) is 5.54 Å². The molecular weight excluding hydrogens is 306 g/mol. The van der Waals surface area contributed by atoms with Gasteiger partial charge < -0.3 is 14.8 Å².